The molecule has 1 heteroatoms. The van der Waals surface area contributed by atoms with Gasteiger partial charge in [-0.2, -0.15) is 0 Å². The first-order valence-electron chi connectivity index (χ1n) is 12.7. The van der Waals surface area contributed by atoms with Gasteiger partial charge in [0.15, 0.2) is 0 Å². The van der Waals surface area contributed by atoms with Crippen LogP contribution in [0, 0.1) is 0 Å². The van der Waals surface area contributed by atoms with Crippen LogP contribution in [0.4, 0.5) is 0 Å². The number of furan rings is 1. The molecule has 0 atom stereocenters. The van der Waals surface area contributed by atoms with E-state index in [1.54, 1.807) is 0 Å². The maximum Gasteiger partial charge on any atom is 0.136 e. The van der Waals surface area contributed by atoms with Gasteiger partial charge in [-0.1, -0.05) is 109 Å². The SMILES string of the molecule is c1cc(-c2ccc3c(c2)oc2ccccc23)cc(-c2cccc3c4ccccc4c4ccccc4c23)c1. The molecule has 0 fully saturated rings. The molecule has 1 heterocycles. The molecule has 0 amide bonds. The van der Waals surface area contributed by atoms with Gasteiger partial charge in [0.2, 0.25) is 0 Å². The second-order valence-electron chi connectivity index (χ2n) is 9.71. The number of hydrogen-bond donors (Lipinski definition) is 0. The zero-order valence-electron chi connectivity index (χ0n) is 20.1. The standard InChI is InChI=1S/C36H22O/c1-2-12-29-27(11-1)28-13-3-4-15-32(28)36-26(16-8-17-33(29)36)25-10-7-9-23(21-25)24-19-20-31-30-14-5-6-18-34(30)37-35(31)22-24/h1-22H. The number of para-hydroxylation sites is 1. The van der Waals surface area contributed by atoms with Crippen LogP contribution in [0.2, 0.25) is 0 Å². The van der Waals surface area contributed by atoms with E-state index in [0.717, 1.165) is 27.5 Å². The molecule has 0 spiro atoms. The topological polar surface area (TPSA) is 13.1 Å². The minimum Gasteiger partial charge on any atom is -0.456 e. The third kappa shape index (κ3) is 3.04. The maximum absolute atomic E-state index is 6.18. The van der Waals surface area contributed by atoms with Crippen LogP contribution in [0.1, 0.15) is 0 Å². The van der Waals surface area contributed by atoms with E-state index in [9.17, 15) is 0 Å². The van der Waals surface area contributed by atoms with E-state index >= 15 is 0 Å². The Hall–Kier alpha value is -4.88. The normalized spacial score (nSPS) is 11.8. The Kier molecular flexibility index (Phi) is 4.29. The number of hydrogen-bond acceptors (Lipinski definition) is 1. The van der Waals surface area contributed by atoms with Gasteiger partial charge in [0.25, 0.3) is 0 Å². The van der Waals surface area contributed by atoms with Crippen molar-refractivity contribution < 1.29 is 4.42 Å². The van der Waals surface area contributed by atoms with Crippen LogP contribution in [0.3, 0.4) is 0 Å². The van der Waals surface area contributed by atoms with Crippen molar-refractivity contribution in [1.82, 2.24) is 0 Å². The molecule has 7 aromatic carbocycles. The van der Waals surface area contributed by atoms with Crippen LogP contribution in [-0.4, -0.2) is 0 Å². The molecule has 1 aromatic heterocycles. The molecule has 0 saturated carbocycles. The second-order valence-corrected chi connectivity index (χ2v) is 9.71. The molecule has 0 unspecified atom stereocenters. The van der Waals surface area contributed by atoms with Gasteiger partial charge in [-0.05, 0) is 78.8 Å². The summed E-state index contributed by atoms with van der Waals surface area (Å²) in [6, 6.07) is 47.9. The fourth-order valence-corrected chi connectivity index (χ4v) is 5.97. The Morgan fingerprint density at radius 3 is 1.65 bits per heavy atom. The van der Waals surface area contributed by atoms with E-state index in [2.05, 4.69) is 121 Å². The summed E-state index contributed by atoms with van der Waals surface area (Å²) in [5.74, 6) is 0. The van der Waals surface area contributed by atoms with E-state index in [1.165, 1.54) is 49.0 Å². The van der Waals surface area contributed by atoms with Crippen LogP contribution < -0.4 is 0 Å². The minimum atomic E-state index is 0.923. The molecule has 0 aliphatic heterocycles. The summed E-state index contributed by atoms with van der Waals surface area (Å²) in [5.41, 5.74) is 6.66. The lowest BCUT2D eigenvalue weighted by Gasteiger charge is -2.15. The Balaban J connectivity index is 1.36. The first-order chi connectivity index (χ1) is 18.3. The molecular weight excluding hydrogens is 448 g/mol. The van der Waals surface area contributed by atoms with E-state index in [0.29, 0.717) is 0 Å². The molecular formula is C36H22O. The predicted molar refractivity (Wildman–Crippen MR) is 157 cm³/mol. The summed E-state index contributed by atoms with van der Waals surface area (Å²) in [7, 11) is 0. The van der Waals surface area contributed by atoms with Crippen LogP contribution in [0.15, 0.2) is 138 Å². The second kappa shape index (κ2) is 7.81. The van der Waals surface area contributed by atoms with Crippen molar-refractivity contribution in [2.24, 2.45) is 0 Å². The summed E-state index contributed by atoms with van der Waals surface area (Å²) in [5, 5.41) is 10.1. The van der Waals surface area contributed by atoms with E-state index in [1.807, 2.05) is 12.1 Å². The van der Waals surface area contributed by atoms with Crippen LogP contribution >= 0.6 is 0 Å². The van der Waals surface area contributed by atoms with Gasteiger partial charge < -0.3 is 4.42 Å². The average molecular weight is 471 g/mol. The van der Waals surface area contributed by atoms with Crippen LogP contribution in [0.25, 0.3) is 76.5 Å². The summed E-state index contributed by atoms with van der Waals surface area (Å²) in [4.78, 5) is 0. The Morgan fingerprint density at radius 1 is 0.324 bits per heavy atom. The van der Waals surface area contributed by atoms with Gasteiger partial charge in [-0.15, -0.1) is 0 Å². The molecule has 0 aliphatic carbocycles. The average Bonchev–Trinajstić information content (AvgIpc) is 3.35. The van der Waals surface area contributed by atoms with Crippen molar-refractivity contribution in [2.75, 3.05) is 0 Å². The van der Waals surface area contributed by atoms with Crippen molar-refractivity contribution in [3.8, 4) is 22.3 Å². The van der Waals surface area contributed by atoms with Crippen molar-refractivity contribution in [1.29, 1.82) is 0 Å². The zero-order chi connectivity index (χ0) is 24.3. The summed E-state index contributed by atoms with van der Waals surface area (Å²) >= 11 is 0. The van der Waals surface area contributed by atoms with Gasteiger partial charge in [0, 0.05) is 10.8 Å². The van der Waals surface area contributed by atoms with Crippen molar-refractivity contribution in [3.63, 3.8) is 0 Å². The van der Waals surface area contributed by atoms with Crippen LogP contribution in [0.5, 0.6) is 0 Å². The van der Waals surface area contributed by atoms with Gasteiger partial charge >= 0.3 is 0 Å². The molecule has 0 N–H and O–H groups in total. The number of rotatable bonds is 2. The van der Waals surface area contributed by atoms with Crippen LogP contribution in [-0.2, 0) is 0 Å². The Bertz CT molecular complexity index is 2100. The Labute approximate surface area is 214 Å². The van der Waals surface area contributed by atoms with Crippen molar-refractivity contribution in [3.05, 3.63) is 133 Å². The molecule has 8 rings (SSSR count). The maximum atomic E-state index is 6.18. The monoisotopic (exact) mass is 470 g/mol. The van der Waals surface area contributed by atoms with Gasteiger partial charge in [-0.25, -0.2) is 0 Å². The number of fused-ring (bicyclic) bond motifs is 9. The quantitative estimate of drug-likeness (QED) is 0.229. The largest absolute Gasteiger partial charge is 0.456 e. The van der Waals surface area contributed by atoms with Gasteiger partial charge in [0.1, 0.15) is 11.2 Å². The van der Waals surface area contributed by atoms with Crippen molar-refractivity contribution >= 4 is 54.3 Å². The molecule has 8 aromatic rings. The molecule has 0 bridgehead atoms. The lowest BCUT2D eigenvalue weighted by molar-refractivity contribution is 0.669. The Morgan fingerprint density at radius 2 is 0.865 bits per heavy atom. The molecule has 0 aliphatic rings. The number of benzene rings is 7. The van der Waals surface area contributed by atoms with Gasteiger partial charge in [-0.3, -0.25) is 0 Å². The molecule has 0 saturated heterocycles. The molecule has 37 heavy (non-hydrogen) atoms. The molecule has 172 valence electrons. The fraction of sp³-hybridized carbons (Fsp3) is 0. The van der Waals surface area contributed by atoms with Gasteiger partial charge in [0.05, 0.1) is 0 Å². The molecule has 1 nitrogen and oxygen atoms in total. The summed E-state index contributed by atoms with van der Waals surface area (Å²) < 4.78 is 6.18. The van der Waals surface area contributed by atoms with E-state index < -0.39 is 0 Å². The minimum absolute atomic E-state index is 0.923. The highest BCUT2D eigenvalue weighted by Crippen LogP contribution is 2.41. The van der Waals surface area contributed by atoms with Crippen molar-refractivity contribution in [2.45, 2.75) is 0 Å². The smallest absolute Gasteiger partial charge is 0.136 e. The lowest BCUT2D eigenvalue weighted by atomic mass is 9.89. The third-order valence-corrected chi connectivity index (χ3v) is 7.65. The first-order valence-corrected chi connectivity index (χ1v) is 12.7. The summed E-state index contributed by atoms with van der Waals surface area (Å²) in [6.45, 7) is 0. The predicted octanol–water partition coefficient (Wildman–Crippen LogP) is 10.4. The zero-order valence-corrected chi connectivity index (χ0v) is 20.1. The highest BCUT2D eigenvalue weighted by Gasteiger charge is 2.13. The summed E-state index contributed by atoms with van der Waals surface area (Å²) in [6.07, 6.45) is 0. The third-order valence-electron chi connectivity index (χ3n) is 7.65. The fourth-order valence-electron chi connectivity index (χ4n) is 5.97. The first kappa shape index (κ1) is 20.3. The lowest BCUT2D eigenvalue weighted by Crippen LogP contribution is -1.87. The van der Waals surface area contributed by atoms with E-state index in [4.69, 9.17) is 4.42 Å². The molecule has 0 radical (unpaired) electrons. The highest BCUT2D eigenvalue weighted by atomic mass is 16.3. The highest BCUT2D eigenvalue weighted by molar-refractivity contribution is 6.28. The van der Waals surface area contributed by atoms with E-state index in [-0.39, 0.29) is 0 Å².